The van der Waals surface area contributed by atoms with Crippen molar-refractivity contribution in [3.63, 3.8) is 0 Å². The van der Waals surface area contributed by atoms with Crippen LogP contribution in [0.3, 0.4) is 0 Å². The summed E-state index contributed by atoms with van der Waals surface area (Å²) in [5, 5.41) is 8.78. The van der Waals surface area contributed by atoms with E-state index in [-0.39, 0.29) is 28.7 Å². The number of aromatic carboxylic acids is 1. The zero-order valence-corrected chi connectivity index (χ0v) is 14.7. The lowest BCUT2D eigenvalue weighted by molar-refractivity contribution is -0.00747. The van der Waals surface area contributed by atoms with Crippen LogP contribution in [0.4, 0.5) is 0 Å². The van der Waals surface area contributed by atoms with Crippen LogP contribution >= 0.6 is 0 Å². The van der Waals surface area contributed by atoms with Gasteiger partial charge in [0.05, 0.1) is 17.2 Å². The molecule has 1 atom stereocenters. The molecule has 0 saturated carbocycles. The summed E-state index contributed by atoms with van der Waals surface area (Å²) in [7, 11) is -2.37. The number of pyridine rings is 1. The molecule has 23 heavy (non-hydrogen) atoms. The summed E-state index contributed by atoms with van der Waals surface area (Å²) in [5.41, 5.74) is -1.27. The molecule has 1 aromatic heterocycles. The Balaban J connectivity index is 2.52. The van der Waals surface area contributed by atoms with E-state index < -0.39 is 21.5 Å². The topological polar surface area (TPSA) is 96.8 Å². The van der Waals surface area contributed by atoms with Gasteiger partial charge in [0.1, 0.15) is 0 Å². The van der Waals surface area contributed by atoms with Crippen molar-refractivity contribution in [2.75, 3.05) is 13.7 Å². The zero-order chi connectivity index (χ0) is 17.6. The average molecular weight is 342 g/mol. The van der Waals surface area contributed by atoms with Crippen molar-refractivity contribution in [1.82, 2.24) is 9.29 Å². The second-order valence-corrected chi connectivity index (χ2v) is 8.77. The first-order valence-corrected chi connectivity index (χ1v) is 8.63. The molecule has 7 nitrogen and oxygen atoms in total. The van der Waals surface area contributed by atoms with Crippen LogP contribution in [0.15, 0.2) is 23.4 Å². The Morgan fingerprint density at radius 2 is 2.00 bits per heavy atom. The highest BCUT2D eigenvalue weighted by Crippen LogP contribution is 2.45. The van der Waals surface area contributed by atoms with Crippen LogP contribution in [0.1, 0.15) is 38.1 Å². The van der Waals surface area contributed by atoms with Gasteiger partial charge in [-0.25, -0.2) is 18.2 Å². The lowest BCUT2D eigenvalue weighted by Gasteiger charge is -2.35. The summed E-state index contributed by atoms with van der Waals surface area (Å²) >= 11 is 0. The van der Waals surface area contributed by atoms with Gasteiger partial charge < -0.3 is 9.84 Å². The van der Waals surface area contributed by atoms with Crippen molar-refractivity contribution in [2.45, 2.75) is 44.4 Å². The Bertz CT molecular complexity index is 727. The molecule has 0 bridgehead atoms. The molecule has 1 aliphatic rings. The molecule has 1 aromatic rings. The highest BCUT2D eigenvalue weighted by molar-refractivity contribution is 7.89. The Labute approximate surface area is 136 Å². The zero-order valence-electron chi connectivity index (χ0n) is 13.9. The van der Waals surface area contributed by atoms with Gasteiger partial charge in [0, 0.05) is 25.3 Å². The largest absolute Gasteiger partial charge is 0.478 e. The number of nitrogens with zero attached hydrogens (tertiary/aromatic N) is 2. The molecule has 1 saturated heterocycles. The maximum Gasteiger partial charge on any atom is 0.335 e. The second-order valence-electron chi connectivity index (χ2n) is 6.96. The summed E-state index contributed by atoms with van der Waals surface area (Å²) in [6.45, 7) is 7.75. The van der Waals surface area contributed by atoms with Gasteiger partial charge >= 0.3 is 5.97 Å². The normalized spacial score (nSPS) is 23.8. The molecule has 0 aliphatic carbocycles. The molecular weight excluding hydrogens is 320 g/mol. The standard InChI is InChI=1S/C15H22N2O5S/c1-14(2)9-17(15(3,4)13(14)22-5)23(20,21)11-8-10(12(18)19)6-7-16-11/h6-8,13H,9H2,1-5H3,(H,18,19). The van der Waals surface area contributed by atoms with Crippen molar-refractivity contribution >= 4 is 16.0 Å². The fraction of sp³-hybridized carbons (Fsp3) is 0.600. The van der Waals surface area contributed by atoms with Gasteiger partial charge in [-0.15, -0.1) is 0 Å². The average Bonchev–Trinajstić information content (AvgIpc) is 2.64. The predicted octanol–water partition coefficient (Wildman–Crippen LogP) is 1.60. The van der Waals surface area contributed by atoms with E-state index in [0.29, 0.717) is 0 Å². The number of carboxylic acids is 1. The third kappa shape index (κ3) is 2.86. The molecule has 1 fully saturated rings. The quantitative estimate of drug-likeness (QED) is 0.893. The predicted molar refractivity (Wildman–Crippen MR) is 83.7 cm³/mol. The van der Waals surface area contributed by atoms with Gasteiger partial charge in [-0.1, -0.05) is 13.8 Å². The van der Waals surface area contributed by atoms with Crippen LogP contribution in [0.5, 0.6) is 0 Å². The Hall–Kier alpha value is -1.51. The van der Waals surface area contributed by atoms with Gasteiger partial charge in [-0.2, -0.15) is 4.31 Å². The van der Waals surface area contributed by atoms with Gasteiger partial charge in [-0.3, -0.25) is 0 Å². The summed E-state index contributed by atoms with van der Waals surface area (Å²) in [6.07, 6.45) is 0.894. The third-order valence-electron chi connectivity index (χ3n) is 4.32. The van der Waals surface area contributed by atoms with Crippen LogP contribution in [0.2, 0.25) is 0 Å². The molecule has 8 heteroatoms. The minimum absolute atomic E-state index is 0.113. The van der Waals surface area contributed by atoms with Crippen LogP contribution in [-0.2, 0) is 14.8 Å². The van der Waals surface area contributed by atoms with Crippen molar-refractivity contribution in [3.05, 3.63) is 23.9 Å². The van der Waals surface area contributed by atoms with E-state index in [0.717, 1.165) is 6.07 Å². The monoisotopic (exact) mass is 342 g/mol. The Kier molecular flexibility index (Phi) is 4.29. The van der Waals surface area contributed by atoms with Gasteiger partial charge in [-0.05, 0) is 26.0 Å². The number of ether oxygens (including phenoxy) is 1. The fourth-order valence-electron chi connectivity index (χ4n) is 3.54. The van der Waals surface area contributed by atoms with E-state index in [9.17, 15) is 13.2 Å². The van der Waals surface area contributed by atoms with E-state index in [2.05, 4.69) is 4.98 Å². The minimum atomic E-state index is -3.94. The highest BCUT2D eigenvalue weighted by Gasteiger charge is 2.57. The molecule has 0 amide bonds. The number of rotatable bonds is 4. The van der Waals surface area contributed by atoms with E-state index in [4.69, 9.17) is 9.84 Å². The van der Waals surface area contributed by atoms with Crippen LogP contribution < -0.4 is 0 Å². The van der Waals surface area contributed by atoms with E-state index in [1.54, 1.807) is 21.0 Å². The first-order valence-electron chi connectivity index (χ1n) is 7.19. The van der Waals surface area contributed by atoms with E-state index >= 15 is 0 Å². The molecule has 1 unspecified atom stereocenters. The minimum Gasteiger partial charge on any atom is -0.478 e. The molecule has 1 N–H and O–H groups in total. The number of hydrogen-bond donors (Lipinski definition) is 1. The van der Waals surface area contributed by atoms with Crippen molar-refractivity contribution < 1.29 is 23.1 Å². The van der Waals surface area contributed by atoms with Gasteiger partial charge in [0.15, 0.2) is 5.03 Å². The number of carboxylic acid groups (broad SMARTS) is 1. The van der Waals surface area contributed by atoms with Crippen molar-refractivity contribution in [3.8, 4) is 0 Å². The summed E-state index contributed by atoms with van der Waals surface area (Å²) < 4.78 is 32.9. The maximum absolute atomic E-state index is 13.0. The number of sulfonamides is 1. The SMILES string of the molecule is COC1C(C)(C)CN(S(=O)(=O)c2cc(C(=O)O)ccn2)C1(C)C. The van der Waals surface area contributed by atoms with Crippen LogP contribution in [-0.4, -0.2) is 54.1 Å². The molecule has 2 heterocycles. The van der Waals surface area contributed by atoms with Gasteiger partial charge in [0.2, 0.25) is 0 Å². The molecule has 1 aliphatic heterocycles. The lowest BCUT2D eigenvalue weighted by atomic mass is 9.82. The molecule has 0 spiro atoms. The lowest BCUT2D eigenvalue weighted by Crippen LogP contribution is -2.49. The van der Waals surface area contributed by atoms with Crippen LogP contribution in [0, 0.1) is 5.41 Å². The Morgan fingerprint density at radius 1 is 1.39 bits per heavy atom. The molecule has 128 valence electrons. The number of methoxy groups -OCH3 is 1. The first-order chi connectivity index (χ1) is 10.4. The van der Waals surface area contributed by atoms with Gasteiger partial charge in [0.25, 0.3) is 10.0 Å². The smallest absolute Gasteiger partial charge is 0.335 e. The Morgan fingerprint density at radius 3 is 2.48 bits per heavy atom. The summed E-state index contributed by atoms with van der Waals surface area (Å²) in [5.74, 6) is -1.19. The summed E-state index contributed by atoms with van der Waals surface area (Å²) in [4.78, 5) is 14.9. The first kappa shape index (κ1) is 17.8. The fourth-order valence-corrected chi connectivity index (χ4v) is 5.46. The molecule has 0 aromatic carbocycles. The highest BCUT2D eigenvalue weighted by atomic mass is 32.2. The number of carbonyl (C=O) groups is 1. The number of hydrogen-bond acceptors (Lipinski definition) is 5. The molecule has 0 radical (unpaired) electrons. The van der Waals surface area contributed by atoms with Crippen molar-refractivity contribution in [1.29, 1.82) is 0 Å². The van der Waals surface area contributed by atoms with E-state index in [1.165, 1.54) is 16.6 Å². The van der Waals surface area contributed by atoms with E-state index in [1.807, 2.05) is 13.8 Å². The maximum atomic E-state index is 13.0. The van der Waals surface area contributed by atoms with Crippen LogP contribution in [0.25, 0.3) is 0 Å². The molecule has 2 rings (SSSR count). The second kappa shape index (κ2) is 5.54. The molecular formula is C15H22N2O5S. The third-order valence-corrected chi connectivity index (χ3v) is 6.25. The summed E-state index contributed by atoms with van der Waals surface area (Å²) in [6, 6.07) is 2.35. The number of aromatic nitrogens is 1. The van der Waals surface area contributed by atoms with Crippen molar-refractivity contribution in [2.24, 2.45) is 5.41 Å².